The van der Waals surface area contributed by atoms with Crippen LogP contribution in [-0.4, -0.2) is 23.1 Å². The lowest BCUT2D eigenvalue weighted by Crippen LogP contribution is -2.38. The number of allylic oxidation sites excluding steroid dienone is 1. The summed E-state index contributed by atoms with van der Waals surface area (Å²) in [6.45, 7) is 5.75. The lowest BCUT2D eigenvalue weighted by molar-refractivity contribution is 0.0222. The van der Waals surface area contributed by atoms with Crippen LogP contribution in [0.2, 0.25) is 0 Å². The van der Waals surface area contributed by atoms with E-state index in [0.717, 1.165) is 19.3 Å². The van der Waals surface area contributed by atoms with Crippen molar-refractivity contribution < 1.29 is 27.7 Å². The number of rotatable bonds is 6. The summed E-state index contributed by atoms with van der Waals surface area (Å²) >= 11 is 0. The van der Waals surface area contributed by atoms with Gasteiger partial charge in [-0.1, -0.05) is 42.8 Å². The maximum Gasteiger partial charge on any atom is 0.648 e. The topological polar surface area (TPSA) is 74.3 Å². The normalized spacial score (nSPS) is 16.7. The molecule has 32 heavy (non-hydrogen) atoms. The molecule has 0 atom stereocenters. The summed E-state index contributed by atoms with van der Waals surface area (Å²) < 4.78 is 36.6. The molecule has 2 aromatic rings. The highest BCUT2D eigenvalue weighted by atomic mass is 31.2. The number of phosphoric acid groups is 1. The van der Waals surface area contributed by atoms with Crippen molar-refractivity contribution in [2.75, 3.05) is 6.54 Å². The molecule has 3 rings (SSSR count). The van der Waals surface area contributed by atoms with Gasteiger partial charge >= 0.3 is 13.9 Å². The number of carbonyl (C=O) groups excluding carboxylic acids is 1. The van der Waals surface area contributed by atoms with E-state index in [0.29, 0.717) is 24.5 Å². The van der Waals surface area contributed by atoms with Crippen molar-refractivity contribution in [3.63, 3.8) is 0 Å². The molecule has 0 fully saturated rings. The first-order chi connectivity index (χ1) is 15.2. The van der Waals surface area contributed by atoms with E-state index in [2.05, 4.69) is 0 Å². The average molecular weight is 459 g/mol. The summed E-state index contributed by atoms with van der Waals surface area (Å²) in [7, 11) is -4.21. The molecule has 1 aliphatic heterocycles. The molecule has 172 valence electrons. The lowest BCUT2D eigenvalue weighted by Gasteiger charge is -2.30. The molecule has 8 heteroatoms. The number of para-hydroxylation sites is 2. The third-order valence-electron chi connectivity index (χ3n) is 4.41. The van der Waals surface area contributed by atoms with Crippen molar-refractivity contribution in [1.29, 1.82) is 0 Å². The fourth-order valence-electron chi connectivity index (χ4n) is 3.01. The average Bonchev–Trinajstić information content (AvgIpc) is 2.70. The Bertz CT molecular complexity index is 910. The third kappa shape index (κ3) is 7.34. The molecule has 0 aromatic heterocycles. The van der Waals surface area contributed by atoms with Crippen LogP contribution in [0.4, 0.5) is 4.79 Å². The van der Waals surface area contributed by atoms with Crippen LogP contribution in [0.15, 0.2) is 72.6 Å². The van der Waals surface area contributed by atoms with E-state index in [1.807, 2.05) is 12.1 Å². The second kappa shape index (κ2) is 10.6. The van der Waals surface area contributed by atoms with Gasteiger partial charge in [-0.2, -0.15) is 4.57 Å². The van der Waals surface area contributed by atoms with Gasteiger partial charge in [-0.15, -0.1) is 0 Å². The summed E-state index contributed by atoms with van der Waals surface area (Å²) in [6, 6.07) is 17.3. The maximum absolute atomic E-state index is 13.8. The third-order valence-corrected chi connectivity index (χ3v) is 5.69. The molecule has 0 radical (unpaired) electrons. The molecule has 0 bridgehead atoms. The van der Waals surface area contributed by atoms with Gasteiger partial charge < -0.3 is 18.3 Å². The van der Waals surface area contributed by atoms with Crippen LogP contribution in [0.25, 0.3) is 0 Å². The number of carbonyl (C=O) groups is 1. The summed E-state index contributed by atoms with van der Waals surface area (Å²) in [6.07, 6.45) is 4.48. The van der Waals surface area contributed by atoms with Gasteiger partial charge in [0.2, 0.25) is 5.88 Å². The van der Waals surface area contributed by atoms with Gasteiger partial charge in [-0.25, -0.2) is 9.69 Å². The zero-order chi connectivity index (χ0) is 23.0. The second-order valence-electron chi connectivity index (χ2n) is 8.37. The summed E-state index contributed by atoms with van der Waals surface area (Å²) in [5.74, 6) is 0.748. The Hall–Kier alpha value is -2.92. The van der Waals surface area contributed by atoms with Crippen LogP contribution in [0.5, 0.6) is 11.5 Å². The Labute approximate surface area is 189 Å². The molecule has 0 saturated heterocycles. The minimum absolute atomic E-state index is 0.106. The Morgan fingerprint density at radius 1 is 0.844 bits per heavy atom. The van der Waals surface area contributed by atoms with Crippen LogP contribution >= 0.6 is 7.82 Å². The number of benzene rings is 2. The van der Waals surface area contributed by atoms with E-state index in [1.165, 1.54) is 4.90 Å². The first-order valence-electron chi connectivity index (χ1n) is 10.7. The highest BCUT2D eigenvalue weighted by Gasteiger charge is 2.37. The second-order valence-corrected chi connectivity index (χ2v) is 9.81. The van der Waals surface area contributed by atoms with Crippen molar-refractivity contribution >= 4 is 13.9 Å². The molecule has 0 aliphatic carbocycles. The van der Waals surface area contributed by atoms with Crippen molar-refractivity contribution in [3.8, 4) is 11.5 Å². The fourth-order valence-corrected chi connectivity index (χ4v) is 4.29. The summed E-state index contributed by atoms with van der Waals surface area (Å²) in [4.78, 5) is 14.3. The number of nitrogens with zero attached hydrogens (tertiary/aromatic N) is 1. The molecular weight excluding hydrogens is 429 g/mol. The van der Waals surface area contributed by atoms with Gasteiger partial charge in [0.25, 0.3) is 0 Å². The highest BCUT2D eigenvalue weighted by molar-refractivity contribution is 7.49. The van der Waals surface area contributed by atoms with Crippen LogP contribution in [0.3, 0.4) is 0 Å². The highest BCUT2D eigenvalue weighted by Crippen LogP contribution is 2.52. The van der Waals surface area contributed by atoms with Gasteiger partial charge in [-0.05, 0) is 70.4 Å². The molecule has 0 saturated carbocycles. The summed E-state index contributed by atoms with van der Waals surface area (Å²) in [5, 5.41) is 0. The smallest absolute Gasteiger partial charge is 0.443 e. The van der Waals surface area contributed by atoms with Crippen LogP contribution in [-0.2, 0) is 13.8 Å². The van der Waals surface area contributed by atoms with Crippen LogP contribution < -0.4 is 9.05 Å². The number of hydrogen-bond acceptors (Lipinski definition) is 6. The van der Waals surface area contributed by atoms with E-state index in [9.17, 15) is 9.36 Å². The molecule has 0 N–H and O–H groups in total. The number of ether oxygens (including phenoxy) is 1. The van der Waals surface area contributed by atoms with E-state index >= 15 is 0 Å². The minimum Gasteiger partial charge on any atom is -0.443 e. The van der Waals surface area contributed by atoms with Crippen LogP contribution in [0, 0.1) is 0 Å². The monoisotopic (exact) mass is 459 g/mol. The molecule has 0 spiro atoms. The van der Waals surface area contributed by atoms with Crippen LogP contribution in [0.1, 0.15) is 46.5 Å². The zero-order valence-electron chi connectivity index (χ0n) is 18.7. The largest absolute Gasteiger partial charge is 0.648 e. The van der Waals surface area contributed by atoms with Crippen molar-refractivity contribution in [1.82, 2.24) is 4.90 Å². The molecule has 1 heterocycles. The zero-order valence-corrected chi connectivity index (χ0v) is 19.6. The predicted octanol–water partition coefficient (Wildman–Crippen LogP) is 6.92. The maximum atomic E-state index is 13.8. The Morgan fingerprint density at radius 3 is 1.94 bits per heavy atom. The Balaban J connectivity index is 1.91. The van der Waals surface area contributed by atoms with E-state index < -0.39 is 19.5 Å². The first-order valence-corrected chi connectivity index (χ1v) is 12.2. The van der Waals surface area contributed by atoms with Gasteiger partial charge in [0.1, 0.15) is 17.1 Å². The SMILES string of the molecule is CC(C)(C)OC(=O)N1CCCCC/C=C\1OP(=O)(Oc1ccccc1)Oc1ccccc1. The van der Waals surface area contributed by atoms with Gasteiger partial charge in [0.05, 0.1) is 0 Å². The van der Waals surface area contributed by atoms with E-state index in [1.54, 1.807) is 75.4 Å². The van der Waals surface area contributed by atoms with Crippen molar-refractivity contribution in [3.05, 3.63) is 72.6 Å². The predicted molar refractivity (Wildman–Crippen MR) is 122 cm³/mol. The summed E-state index contributed by atoms with van der Waals surface area (Å²) in [5.41, 5.74) is -0.685. The Kier molecular flexibility index (Phi) is 7.86. The first kappa shape index (κ1) is 23.7. The molecule has 2 aromatic carbocycles. The lowest BCUT2D eigenvalue weighted by atomic mass is 10.1. The van der Waals surface area contributed by atoms with Gasteiger partial charge in [-0.3, -0.25) is 0 Å². The molecule has 1 amide bonds. The van der Waals surface area contributed by atoms with E-state index in [-0.39, 0.29) is 5.88 Å². The number of phosphoric ester groups is 1. The minimum atomic E-state index is -4.21. The molecule has 0 unspecified atom stereocenters. The molecule has 1 aliphatic rings. The number of amides is 1. The number of hydrogen-bond donors (Lipinski definition) is 0. The molecule has 7 nitrogen and oxygen atoms in total. The Morgan fingerprint density at radius 2 is 1.41 bits per heavy atom. The van der Waals surface area contributed by atoms with Gasteiger partial charge in [0.15, 0.2) is 0 Å². The van der Waals surface area contributed by atoms with Gasteiger partial charge in [0, 0.05) is 6.54 Å². The fraction of sp³-hybridized carbons (Fsp3) is 0.375. The molecular formula is C24H30NO6P. The standard InChI is InChI=1S/C24H30NO6P/c1-24(2,3)28-23(26)25-19-13-5-4-12-18-22(25)31-32(27,29-20-14-8-6-9-15-20)30-21-16-10-7-11-17-21/h6-11,14-18H,4-5,12-13,19H2,1-3H3/b22-18+. The van der Waals surface area contributed by atoms with Crippen molar-refractivity contribution in [2.24, 2.45) is 0 Å². The quantitative estimate of drug-likeness (QED) is 0.437. The van der Waals surface area contributed by atoms with E-state index in [4.69, 9.17) is 18.3 Å². The van der Waals surface area contributed by atoms with Crippen molar-refractivity contribution in [2.45, 2.75) is 52.1 Å².